The van der Waals surface area contributed by atoms with E-state index in [2.05, 4.69) is 4.57 Å². The lowest BCUT2D eigenvalue weighted by atomic mass is 10.1. The molecule has 0 amide bonds. The van der Waals surface area contributed by atoms with Gasteiger partial charge >= 0.3 is 5.97 Å². The lowest BCUT2D eigenvalue weighted by Gasteiger charge is -2.09. The van der Waals surface area contributed by atoms with E-state index in [1.165, 1.54) is 0 Å². The Hall–Kier alpha value is -3.47. The molecule has 4 rings (SSSR count). The van der Waals surface area contributed by atoms with Gasteiger partial charge in [0.25, 0.3) is 0 Å². The Morgan fingerprint density at radius 1 is 0.821 bits per heavy atom. The van der Waals surface area contributed by atoms with E-state index in [1.807, 2.05) is 62.4 Å². The van der Waals surface area contributed by atoms with Gasteiger partial charge in [-0.1, -0.05) is 0 Å². The summed E-state index contributed by atoms with van der Waals surface area (Å²) in [7, 11) is 0. The predicted octanol–water partition coefficient (Wildman–Crippen LogP) is 5.28. The molecule has 4 aromatic rings. The maximum Gasteiger partial charge on any atom is 0.335 e. The predicted molar refractivity (Wildman–Crippen MR) is 110 cm³/mol. The second kappa shape index (κ2) is 7.27. The molecule has 0 radical (unpaired) electrons. The Morgan fingerprint density at radius 2 is 1.32 bits per heavy atom. The van der Waals surface area contributed by atoms with E-state index < -0.39 is 5.97 Å². The summed E-state index contributed by atoms with van der Waals surface area (Å²) in [6.45, 7) is 5.13. The van der Waals surface area contributed by atoms with Crippen molar-refractivity contribution in [3.63, 3.8) is 0 Å². The fraction of sp³-hybridized carbons (Fsp3) is 0.174. The topological polar surface area (TPSA) is 60.7 Å². The van der Waals surface area contributed by atoms with Gasteiger partial charge in [0.15, 0.2) is 0 Å². The lowest BCUT2D eigenvalue weighted by molar-refractivity contribution is 0.0697. The van der Waals surface area contributed by atoms with Crippen molar-refractivity contribution < 1.29 is 19.4 Å². The van der Waals surface area contributed by atoms with Gasteiger partial charge in [-0.15, -0.1) is 0 Å². The van der Waals surface area contributed by atoms with E-state index in [0.717, 1.165) is 39.0 Å². The molecule has 3 aromatic carbocycles. The number of nitrogens with zero attached hydrogens (tertiary/aromatic N) is 1. The van der Waals surface area contributed by atoms with Crippen molar-refractivity contribution in [2.24, 2.45) is 0 Å². The maximum atomic E-state index is 11.2. The Morgan fingerprint density at radius 3 is 1.75 bits per heavy atom. The van der Waals surface area contributed by atoms with Crippen molar-refractivity contribution in [2.75, 3.05) is 13.2 Å². The normalized spacial score (nSPS) is 11.1. The van der Waals surface area contributed by atoms with Crippen molar-refractivity contribution in [2.45, 2.75) is 13.8 Å². The van der Waals surface area contributed by atoms with E-state index in [9.17, 15) is 9.90 Å². The molecule has 28 heavy (non-hydrogen) atoms. The van der Waals surface area contributed by atoms with Crippen LogP contribution in [0.1, 0.15) is 24.2 Å². The van der Waals surface area contributed by atoms with Gasteiger partial charge in [0, 0.05) is 16.5 Å². The first-order valence-corrected chi connectivity index (χ1v) is 9.30. The molecule has 0 aliphatic rings. The second-order valence-corrected chi connectivity index (χ2v) is 6.41. The highest BCUT2D eigenvalue weighted by molar-refractivity contribution is 6.10. The van der Waals surface area contributed by atoms with Crippen LogP contribution in [0.25, 0.3) is 27.5 Å². The fourth-order valence-corrected chi connectivity index (χ4v) is 3.53. The summed E-state index contributed by atoms with van der Waals surface area (Å²) in [5.41, 5.74) is 3.21. The SMILES string of the molecule is CCOc1ccc2c(c1)c1cc(OCC)ccc1n2-c1ccc(C(=O)O)cc1. The minimum atomic E-state index is -0.934. The number of benzene rings is 3. The van der Waals surface area contributed by atoms with Crippen molar-refractivity contribution in [3.8, 4) is 17.2 Å². The van der Waals surface area contributed by atoms with Crippen molar-refractivity contribution in [1.29, 1.82) is 0 Å². The van der Waals surface area contributed by atoms with Crippen LogP contribution in [-0.4, -0.2) is 28.9 Å². The summed E-state index contributed by atoms with van der Waals surface area (Å²) in [6.07, 6.45) is 0. The minimum Gasteiger partial charge on any atom is -0.494 e. The molecular weight excluding hydrogens is 354 g/mol. The largest absolute Gasteiger partial charge is 0.494 e. The molecule has 1 aromatic heterocycles. The summed E-state index contributed by atoms with van der Waals surface area (Å²) in [5, 5.41) is 11.3. The Bertz CT molecular complexity index is 1100. The number of aromatic carboxylic acids is 1. The quantitative estimate of drug-likeness (QED) is 0.498. The second-order valence-electron chi connectivity index (χ2n) is 6.41. The molecule has 0 aliphatic heterocycles. The molecule has 0 spiro atoms. The molecule has 0 saturated heterocycles. The third kappa shape index (κ3) is 3.05. The zero-order chi connectivity index (χ0) is 19.7. The van der Waals surface area contributed by atoms with Crippen molar-refractivity contribution in [3.05, 3.63) is 66.2 Å². The number of carbonyl (C=O) groups is 1. The van der Waals surface area contributed by atoms with Gasteiger partial charge in [-0.05, 0) is 74.5 Å². The van der Waals surface area contributed by atoms with E-state index in [4.69, 9.17) is 9.47 Å². The zero-order valence-electron chi connectivity index (χ0n) is 15.8. The number of aromatic nitrogens is 1. The van der Waals surface area contributed by atoms with Crippen LogP contribution in [0.3, 0.4) is 0 Å². The molecule has 0 fully saturated rings. The van der Waals surface area contributed by atoms with E-state index in [-0.39, 0.29) is 5.56 Å². The highest BCUT2D eigenvalue weighted by Gasteiger charge is 2.14. The molecule has 1 N–H and O–H groups in total. The van der Waals surface area contributed by atoms with Gasteiger partial charge in [-0.2, -0.15) is 0 Å². The molecule has 0 aliphatic carbocycles. The monoisotopic (exact) mass is 375 g/mol. The van der Waals surface area contributed by atoms with Gasteiger partial charge in [-0.25, -0.2) is 4.79 Å². The number of ether oxygens (including phenoxy) is 2. The molecule has 5 heteroatoms. The van der Waals surface area contributed by atoms with Gasteiger partial charge in [-0.3, -0.25) is 0 Å². The Labute approximate surface area is 162 Å². The summed E-state index contributed by atoms with van der Waals surface area (Å²) in [6, 6.07) is 19.0. The maximum absolute atomic E-state index is 11.2. The van der Waals surface area contributed by atoms with Gasteiger partial charge < -0.3 is 19.1 Å². The number of carboxylic acids is 1. The van der Waals surface area contributed by atoms with E-state index >= 15 is 0 Å². The molecule has 0 bridgehead atoms. The van der Waals surface area contributed by atoms with Crippen LogP contribution in [0.5, 0.6) is 11.5 Å². The Balaban J connectivity index is 1.99. The molecular formula is C23H21NO4. The fourth-order valence-electron chi connectivity index (χ4n) is 3.53. The number of rotatable bonds is 6. The first-order chi connectivity index (χ1) is 13.6. The average Bonchev–Trinajstić information content (AvgIpc) is 3.02. The number of carboxylic acid groups (broad SMARTS) is 1. The molecule has 1 heterocycles. The van der Waals surface area contributed by atoms with Crippen LogP contribution in [0.2, 0.25) is 0 Å². The van der Waals surface area contributed by atoms with Crippen LogP contribution in [0.4, 0.5) is 0 Å². The number of hydrogen-bond acceptors (Lipinski definition) is 3. The van der Waals surface area contributed by atoms with Crippen LogP contribution in [-0.2, 0) is 0 Å². The molecule has 0 atom stereocenters. The van der Waals surface area contributed by atoms with Crippen LogP contribution in [0.15, 0.2) is 60.7 Å². The average molecular weight is 375 g/mol. The van der Waals surface area contributed by atoms with Gasteiger partial charge in [0.05, 0.1) is 29.8 Å². The number of fused-ring (bicyclic) bond motifs is 3. The van der Waals surface area contributed by atoms with Crippen LogP contribution < -0.4 is 9.47 Å². The Kier molecular flexibility index (Phi) is 4.65. The standard InChI is InChI=1S/C23H21NO4/c1-3-27-17-9-11-21-19(13-17)20-14-18(28-4-2)10-12-22(20)24(21)16-7-5-15(6-8-16)23(25)26/h5-14H,3-4H2,1-2H3,(H,25,26). The van der Waals surface area contributed by atoms with Crippen LogP contribution >= 0.6 is 0 Å². The van der Waals surface area contributed by atoms with E-state index in [1.54, 1.807) is 12.1 Å². The first kappa shape index (κ1) is 17.9. The molecule has 0 saturated carbocycles. The summed E-state index contributed by atoms with van der Waals surface area (Å²) < 4.78 is 13.5. The lowest BCUT2D eigenvalue weighted by Crippen LogP contribution is -1.98. The zero-order valence-corrected chi connectivity index (χ0v) is 15.8. The third-order valence-electron chi connectivity index (χ3n) is 4.70. The van der Waals surface area contributed by atoms with Crippen LogP contribution in [0, 0.1) is 0 Å². The highest BCUT2D eigenvalue weighted by atomic mass is 16.5. The number of hydrogen-bond donors (Lipinski definition) is 1. The van der Waals surface area contributed by atoms with E-state index in [0.29, 0.717) is 13.2 Å². The first-order valence-electron chi connectivity index (χ1n) is 9.30. The minimum absolute atomic E-state index is 0.266. The smallest absolute Gasteiger partial charge is 0.335 e. The van der Waals surface area contributed by atoms with Gasteiger partial charge in [0.1, 0.15) is 11.5 Å². The molecule has 0 unspecified atom stereocenters. The summed E-state index contributed by atoms with van der Waals surface area (Å²) in [4.78, 5) is 11.2. The highest BCUT2D eigenvalue weighted by Crippen LogP contribution is 2.36. The third-order valence-corrected chi connectivity index (χ3v) is 4.70. The molecule has 142 valence electrons. The van der Waals surface area contributed by atoms with Crippen molar-refractivity contribution >= 4 is 27.8 Å². The molecule has 5 nitrogen and oxygen atoms in total. The van der Waals surface area contributed by atoms with Crippen molar-refractivity contribution in [1.82, 2.24) is 4.57 Å². The summed E-state index contributed by atoms with van der Waals surface area (Å²) in [5.74, 6) is 0.700. The summed E-state index contributed by atoms with van der Waals surface area (Å²) >= 11 is 0. The van der Waals surface area contributed by atoms with Gasteiger partial charge in [0.2, 0.25) is 0 Å².